The monoisotopic (exact) mass is 325 g/mol. The number of nitrogens with zero attached hydrogens (tertiary/aromatic N) is 2. The number of benzene rings is 1. The Balaban J connectivity index is 2.25. The predicted octanol–water partition coefficient (Wildman–Crippen LogP) is 2.12. The normalized spacial score (nSPS) is 20.6. The Morgan fingerprint density at radius 1 is 1.42 bits per heavy atom. The van der Waals surface area contributed by atoms with Crippen LogP contribution in [0.3, 0.4) is 0 Å². The van der Waals surface area contributed by atoms with Gasteiger partial charge in [-0.05, 0) is 38.6 Å². The van der Waals surface area contributed by atoms with Crippen molar-refractivity contribution in [3.05, 3.63) is 27.7 Å². The number of carbonyl (C=O) groups excluding carboxylic acids is 1. The number of hydrogen-bond acceptors (Lipinski definition) is 3. The van der Waals surface area contributed by atoms with Gasteiger partial charge in [-0.2, -0.15) is 0 Å². The van der Waals surface area contributed by atoms with E-state index in [-0.39, 0.29) is 5.91 Å². The zero-order valence-corrected chi connectivity index (χ0v) is 13.2. The number of anilines is 1. The second kappa shape index (κ2) is 5.51. The van der Waals surface area contributed by atoms with Gasteiger partial charge in [-0.15, -0.1) is 0 Å². The van der Waals surface area contributed by atoms with Gasteiger partial charge in [0, 0.05) is 41.4 Å². The number of halogens is 1. The molecule has 1 aliphatic rings. The Bertz CT molecular complexity index is 504. The minimum atomic E-state index is 0.0745. The summed E-state index contributed by atoms with van der Waals surface area (Å²) in [4.78, 5) is 16.8. The van der Waals surface area contributed by atoms with Crippen LogP contribution in [0.1, 0.15) is 22.8 Å². The molecule has 1 aromatic rings. The van der Waals surface area contributed by atoms with Crippen molar-refractivity contribution < 1.29 is 4.79 Å². The van der Waals surface area contributed by atoms with Crippen molar-refractivity contribution in [2.24, 2.45) is 0 Å². The lowest BCUT2D eigenvalue weighted by Gasteiger charge is -2.38. The molecular formula is C14H20BrN3O. The number of hydrogen-bond donors (Lipinski definition) is 1. The van der Waals surface area contributed by atoms with Gasteiger partial charge in [0.1, 0.15) is 0 Å². The lowest BCUT2D eigenvalue weighted by molar-refractivity contribution is 0.0571. The summed E-state index contributed by atoms with van der Waals surface area (Å²) in [6.45, 7) is 6.48. The maximum Gasteiger partial charge on any atom is 0.254 e. The molecule has 0 saturated carbocycles. The van der Waals surface area contributed by atoms with Gasteiger partial charge in [-0.1, -0.05) is 15.9 Å². The summed E-state index contributed by atoms with van der Waals surface area (Å²) in [6, 6.07) is 4.08. The first kappa shape index (κ1) is 14.3. The highest BCUT2D eigenvalue weighted by Crippen LogP contribution is 2.24. The van der Waals surface area contributed by atoms with Gasteiger partial charge in [0.05, 0.1) is 0 Å². The maximum absolute atomic E-state index is 12.6. The van der Waals surface area contributed by atoms with Crippen molar-refractivity contribution in [3.63, 3.8) is 0 Å². The van der Waals surface area contributed by atoms with Crippen LogP contribution in [0, 0.1) is 6.92 Å². The summed E-state index contributed by atoms with van der Waals surface area (Å²) < 4.78 is 0.848. The van der Waals surface area contributed by atoms with Crippen molar-refractivity contribution in [1.29, 1.82) is 0 Å². The van der Waals surface area contributed by atoms with E-state index in [0.29, 0.717) is 17.3 Å². The van der Waals surface area contributed by atoms with Crippen LogP contribution in [0.2, 0.25) is 0 Å². The number of nitrogens with two attached hydrogens (primary N) is 1. The fraction of sp³-hybridized carbons (Fsp3) is 0.500. The van der Waals surface area contributed by atoms with E-state index in [9.17, 15) is 4.79 Å². The van der Waals surface area contributed by atoms with E-state index < -0.39 is 0 Å². The molecule has 1 unspecified atom stereocenters. The van der Waals surface area contributed by atoms with Crippen molar-refractivity contribution in [2.45, 2.75) is 19.9 Å². The van der Waals surface area contributed by atoms with E-state index in [4.69, 9.17) is 5.73 Å². The van der Waals surface area contributed by atoms with Crippen LogP contribution < -0.4 is 5.73 Å². The van der Waals surface area contributed by atoms with Gasteiger partial charge in [0.2, 0.25) is 0 Å². The third-order valence-electron chi connectivity index (χ3n) is 3.89. The first-order valence-electron chi connectivity index (χ1n) is 6.45. The van der Waals surface area contributed by atoms with Crippen molar-refractivity contribution >= 4 is 27.5 Å². The van der Waals surface area contributed by atoms with Gasteiger partial charge < -0.3 is 15.5 Å². The molecule has 5 heteroatoms. The molecule has 1 aromatic carbocycles. The average Bonchev–Trinajstić information content (AvgIpc) is 2.36. The molecule has 1 saturated heterocycles. The Hall–Kier alpha value is -1.07. The average molecular weight is 326 g/mol. The molecule has 0 aromatic heterocycles. The van der Waals surface area contributed by atoms with Crippen molar-refractivity contribution in [2.75, 3.05) is 32.4 Å². The molecule has 1 fully saturated rings. The summed E-state index contributed by atoms with van der Waals surface area (Å²) in [5.74, 6) is 0.0745. The van der Waals surface area contributed by atoms with Crippen LogP contribution in [-0.4, -0.2) is 48.4 Å². The summed E-state index contributed by atoms with van der Waals surface area (Å²) in [5.41, 5.74) is 8.14. The van der Waals surface area contributed by atoms with E-state index in [1.165, 1.54) is 0 Å². The van der Waals surface area contributed by atoms with E-state index in [1.807, 2.05) is 24.0 Å². The van der Waals surface area contributed by atoms with Crippen LogP contribution in [0.15, 0.2) is 16.6 Å². The van der Waals surface area contributed by atoms with E-state index in [0.717, 1.165) is 29.7 Å². The van der Waals surface area contributed by atoms with Gasteiger partial charge in [-0.3, -0.25) is 4.79 Å². The minimum absolute atomic E-state index is 0.0745. The number of nitrogen functional groups attached to an aromatic ring is 1. The standard InChI is InChI=1S/C14H20BrN3O/c1-9-8-18(5-4-17(9)3)14(19)12-6-11(15)7-13(16)10(12)2/h6-7,9H,4-5,8,16H2,1-3H3. The van der Waals surface area contributed by atoms with Crippen molar-refractivity contribution in [1.82, 2.24) is 9.80 Å². The summed E-state index contributed by atoms with van der Waals surface area (Å²) in [5, 5.41) is 0. The summed E-state index contributed by atoms with van der Waals surface area (Å²) in [6.07, 6.45) is 0. The molecule has 1 amide bonds. The quantitative estimate of drug-likeness (QED) is 0.804. The first-order chi connectivity index (χ1) is 8.90. The molecular weight excluding hydrogens is 306 g/mol. The number of likely N-dealkylation sites (N-methyl/N-ethyl adjacent to an activating group) is 1. The molecule has 104 valence electrons. The summed E-state index contributed by atoms with van der Waals surface area (Å²) in [7, 11) is 2.09. The second-order valence-corrected chi connectivity index (χ2v) is 6.16. The smallest absolute Gasteiger partial charge is 0.254 e. The first-order valence-corrected chi connectivity index (χ1v) is 7.24. The zero-order chi connectivity index (χ0) is 14.2. The van der Waals surface area contributed by atoms with Crippen LogP contribution in [0.5, 0.6) is 0 Å². The third kappa shape index (κ3) is 2.92. The molecule has 4 nitrogen and oxygen atoms in total. The molecule has 1 aliphatic heterocycles. The number of carbonyl (C=O) groups is 1. The van der Waals surface area contributed by atoms with Crippen LogP contribution in [0.4, 0.5) is 5.69 Å². The van der Waals surface area contributed by atoms with Crippen LogP contribution >= 0.6 is 15.9 Å². The zero-order valence-electron chi connectivity index (χ0n) is 11.6. The molecule has 2 rings (SSSR count). The van der Waals surface area contributed by atoms with Gasteiger partial charge in [0.25, 0.3) is 5.91 Å². The lowest BCUT2D eigenvalue weighted by Crippen LogP contribution is -2.52. The SMILES string of the molecule is Cc1c(N)cc(Br)cc1C(=O)N1CCN(C)C(C)C1. The Labute approximate surface area is 122 Å². The third-order valence-corrected chi connectivity index (χ3v) is 4.35. The highest BCUT2D eigenvalue weighted by atomic mass is 79.9. The van der Waals surface area contributed by atoms with Gasteiger partial charge in [-0.25, -0.2) is 0 Å². The number of amides is 1. The molecule has 0 radical (unpaired) electrons. The van der Waals surface area contributed by atoms with E-state index in [2.05, 4.69) is 34.8 Å². The molecule has 0 aliphatic carbocycles. The fourth-order valence-electron chi connectivity index (χ4n) is 2.33. The Morgan fingerprint density at radius 3 is 2.74 bits per heavy atom. The largest absolute Gasteiger partial charge is 0.398 e. The number of piperazine rings is 1. The maximum atomic E-state index is 12.6. The Kier molecular flexibility index (Phi) is 4.16. The predicted molar refractivity (Wildman–Crippen MR) is 81.3 cm³/mol. The Morgan fingerprint density at radius 2 is 2.11 bits per heavy atom. The fourth-order valence-corrected chi connectivity index (χ4v) is 2.80. The highest BCUT2D eigenvalue weighted by Gasteiger charge is 2.26. The molecule has 1 heterocycles. The van der Waals surface area contributed by atoms with Crippen LogP contribution in [0.25, 0.3) is 0 Å². The molecule has 2 N–H and O–H groups in total. The minimum Gasteiger partial charge on any atom is -0.398 e. The topological polar surface area (TPSA) is 49.6 Å². The molecule has 0 spiro atoms. The van der Waals surface area contributed by atoms with E-state index >= 15 is 0 Å². The lowest BCUT2D eigenvalue weighted by atomic mass is 10.0. The van der Waals surface area contributed by atoms with Gasteiger partial charge >= 0.3 is 0 Å². The molecule has 0 bridgehead atoms. The number of rotatable bonds is 1. The highest BCUT2D eigenvalue weighted by molar-refractivity contribution is 9.10. The molecule has 1 atom stereocenters. The van der Waals surface area contributed by atoms with E-state index in [1.54, 1.807) is 0 Å². The van der Waals surface area contributed by atoms with Gasteiger partial charge in [0.15, 0.2) is 0 Å². The molecule has 19 heavy (non-hydrogen) atoms. The van der Waals surface area contributed by atoms with Crippen LogP contribution in [-0.2, 0) is 0 Å². The van der Waals surface area contributed by atoms with Crippen molar-refractivity contribution in [3.8, 4) is 0 Å². The second-order valence-electron chi connectivity index (χ2n) is 5.25. The summed E-state index contributed by atoms with van der Waals surface area (Å²) >= 11 is 3.40.